The van der Waals surface area contributed by atoms with Crippen LogP contribution < -0.4 is 0 Å². The summed E-state index contributed by atoms with van der Waals surface area (Å²) in [5, 5.41) is 10.7. The highest BCUT2D eigenvalue weighted by Gasteiger charge is 2.57. The minimum Gasteiger partial charge on any atom is -0.457 e. The van der Waals surface area contributed by atoms with Crippen molar-refractivity contribution in [2.24, 2.45) is 0 Å². The minimum absolute atomic E-state index is 0.0138. The largest absolute Gasteiger partial charge is 0.457 e. The molecule has 0 aromatic carbocycles. The number of hydrogen-bond acceptors (Lipinski definition) is 9. The molecule has 0 bridgehead atoms. The van der Waals surface area contributed by atoms with Crippen LogP contribution in [-0.2, 0) is 38.0 Å². The molecule has 0 aromatic heterocycles. The molecule has 0 aromatic rings. The molecule has 1 N–H and O–H groups in total. The number of esters is 2. The van der Waals surface area contributed by atoms with Gasteiger partial charge in [-0.15, -0.1) is 0 Å². The summed E-state index contributed by atoms with van der Waals surface area (Å²) in [6.45, 7) is 9.50. The van der Waals surface area contributed by atoms with Gasteiger partial charge in [0.2, 0.25) is 0 Å². The monoisotopic (exact) mass is 416 g/mol. The van der Waals surface area contributed by atoms with Gasteiger partial charge in [0.1, 0.15) is 18.3 Å². The van der Waals surface area contributed by atoms with Crippen LogP contribution >= 0.6 is 0 Å². The maximum atomic E-state index is 12.0. The van der Waals surface area contributed by atoms with E-state index in [-0.39, 0.29) is 13.2 Å². The van der Waals surface area contributed by atoms with E-state index in [4.69, 9.17) is 28.4 Å². The van der Waals surface area contributed by atoms with E-state index in [9.17, 15) is 20.2 Å². The molecule has 2 heterocycles. The molecule has 0 radical (unpaired) electrons. The summed E-state index contributed by atoms with van der Waals surface area (Å²) >= 11 is 0. The molecule has 29 heavy (non-hydrogen) atoms. The molecular formula is C18H28N2O9. The predicted molar refractivity (Wildman–Crippen MR) is 95.5 cm³/mol. The lowest BCUT2D eigenvalue weighted by Gasteiger charge is -2.30. The maximum Gasteiger partial charge on any atom is 0.419 e. The van der Waals surface area contributed by atoms with Gasteiger partial charge >= 0.3 is 17.7 Å². The zero-order chi connectivity index (χ0) is 22.0. The molecule has 0 aliphatic carbocycles. The van der Waals surface area contributed by atoms with Crippen molar-refractivity contribution in [3.05, 3.63) is 5.53 Å². The van der Waals surface area contributed by atoms with Crippen LogP contribution in [0.15, 0.2) is 0 Å². The summed E-state index contributed by atoms with van der Waals surface area (Å²) in [6.07, 6.45) is -5.75. The Morgan fingerprint density at radius 1 is 1.17 bits per heavy atom. The number of aliphatic hydroxyl groups is 1. The van der Waals surface area contributed by atoms with E-state index in [2.05, 4.69) is 4.79 Å². The average molecular weight is 416 g/mol. The van der Waals surface area contributed by atoms with Gasteiger partial charge in [0.15, 0.2) is 23.8 Å². The van der Waals surface area contributed by atoms with Crippen molar-refractivity contribution in [2.45, 2.75) is 83.6 Å². The van der Waals surface area contributed by atoms with Crippen molar-refractivity contribution < 1.29 is 47.9 Å². The molecule has 0 unspecified atom stereocenters. The van der Waals surface area contributed by atoms with Crippen LogP contribution in [0.2, 0.25) is 0 Å². The van der Waals surface area contributed by atoms with Crippen molar-refractivity contribution in [1.29, 1.82) is 0 Å². The van der Waals surface area contributed by atoms with Crippen molar-refractivity contribution in [3.8, 4) is 0 Å². The lowest BCUT2D eigenvalue weighted by molar-refractivity contribution is -0.193. The smallest absolute Gasteiger partial charge is 0.419 e. The molecular weight excluding hydrogens is 388 g/mol. The highest BCUT2D eigenvalue weighted by molar-refractivity contribution is 6.35. The molecule has 164 valence electrons. The van der Waals surface area contributed by atoms with Crippen LogP contribution in [0.1, 0.15) is 41.5 Å². The first-order chi connectivity index (χ1) is 13.4. The fraction of sp³-hybridized carbons (Fsp3) is 0.833. The molecule has 2 fully saturated rings. The predicted octanol–water partition coefficient (Wildman–Crippen LogP) is 0.185. The maximum absolute atomic E-state index is 12.0. The van der Waals surface area contributed by atoms with Crippen LogP contribution in [0.25, 0.3) is 5.53 Å². The van der Waals surface area contributed by atoms with E-state index >= 15 is 0 Å². The zero-order valence-corrected chi connectivity index (χ0v) is 17.4. The number of aliphatic hydroxyl groups excluding tert-OH is 1. The summed E-state index contributed by atoms with van der Waals surface area (Å²) in [7, 11) is 0. The second-order valence-corrected chi connectivity index (χ2v) is 7.66. The molecule has 0 amide bonds. The summed E-state index contributed by atoms with van der Waals surface area (Å²) in [6, 6.07) is 0. The van der Waals surface area contributed by atoms with Crippen molar-refractivity contribution in [1.82, 2.24) is 0 Å². The van der Waals surface area contributed by atoms with Gasteiger partial charge in [0.25, 0.3) is 0 Å². The van der Waals surface area contributed by atoms with E-state index in [1.165, 1.54) is 6.92 Å². The standard InChI is InChI=1S/C18H28N2O9/c1-7-24-16(23)11(20-19)12(22)14-15(29-18(5,6)28-14)13(26-9(2)21)10-8-25-17(3,4)27-10/h10,12-15,22H,7-8H2,1-6H3/t10-,12-,13-,14-,15+/m1/s1. The second kappa shape index (κ2) is 8.86. The third kappa shape index (κ3) is 5.59. The van der Waals surface area contributed by atoms with E-state index in [1.807, 2.05) is 0 Å². The molecule has 0 saturated carbocycles. The van der Waals surface area contributed by atoms with Gasteiger partial charge in [-0.05, 0) is 34.6 Å². The zero-order valence-electron chi connectivity index (χ0n) is 17.4. The Balaban J connectivity index is 2.35. The van der Waals surface area contributed by atoms with Crippen LogP contribution in [0.4, 0.5) is 0 Å². The normalized spacial score (nSPS) is 29.6. The van der Waals surface area contributed by atoms with Crippen molar-refractivity contribution in [3.63, 3.8) is 0 Å². The topological polar surface area (TPSA) is 146 Å². The fourth-order valence-electron chi connectivity index (χ4n) is 3.32. The highest BCUT2D eigenvalue weighted by atomic mass is 16.8. The molecule has 2 saturated heterocycles. The van der Waals surface area contributed by atoms with E-state index in [1.54, 1.807) is 34.6 Å². The molecule has 2 aliphatic heterocycles. The molecule has 5 atom stereocenters. The third-order valence-corrected chi connectivity index (χ3v) is 4.37. The summed E-state index contributed by atoms with van der Waals surface area (Å²) in [4.78, 5) is 26.6. The first-order valence-electron chi connectivity index (χ1n) is 9.32. The number of carbonyl (C=O) groups excluding carboxylic acids is 2. The Morgan fingerprint density at radius 3 is 2.28 bits per heavy atom. The molecule has 2 aliphatic rings. The quantitative estimate of drug-likeness (QED) is 0.266. The van der Waals surface area contributed by atoms with Gasteiger partial charge in [-0.1, -0.05) is 0 Å². The fourth-order valence-corrected chi connectivity index (χ4v) is 3.32. The Bertz CT molecular complexity index is 687. The molecule has 2 rings (SSSR count). The van der Waals surface area contributed by atoms with Crippen LogP contribution in [0, 0.1) is 0 Å². The summed E-state index contributed by atoms with van der Waals surface area (Å²) in [5.41, 5.74) is 8.58. The van der Waals surface area contributed by atoms with E-state index < -0.39 is 59.7 Å². The van der Waals surface area contributed by atoms with Gasteiger partial charge in [0.05, 0.1) is 13.2 Å². The lowest BCUT2D eigenvalue weighted by Crippen LogP contribution is -2.53. The van der Waals surface area contributed by atoms with Crippen LogP contribution in [0.5, 0.6) is 0 Å². The molecule has 11 heteroatoms. The van der Waals surface area contributed by atoms with Crippen LogP contribution in [0.3, 0.4) is 0 Å². The third-order valence-electron chi connectivity index (χ3n) is 4.37. The van der Waals surface area contributed by atoms with E-state index in [0.717, 1.165) is 0 Å². The Labute approximate surface area is 168 Å². The van der Waals surface area contributed by atoms with Gasteiger partial charge in [0, 0.05) is 6.92 Å². The minimum atomic E-state index is -1.72. The highest BCUT2D eigenvalue weighted by Crippen LogP contribution is 2.37. The summed E-state index contributed by atoms with van der Waals surface area (Å²) < 4.78 is 33.2. The van der Waals surface area contributed by atoms with Gasteiger partial charge in [-0.2, -0.15) is 4.79 Å². The Hall–Kier alpha value is -1.88. The molecule has 11 nitrogen and oxygen atoms in total. The molecule has 0 spiro atoms. The number of nitrogens with zero attached hydrogens (tertiary/aromatic N) is 2. The van der Waals surface area contributed by atoms with Crippen LogP contribution in [-0.4, -0.2) is 82.9 Å². The van der Waals surface area contributed by atoms with Gasteiger partial charge in [-0.3, -0.25) is 4.79 Å². The Morgan fingerprint density at radius 2 is 1.79 bits per heavy atom. The first-order valence-corrected chi connectivity index (χ1v) is 9.32. The van der Waals surface area contributed by atoms with Gasteiger partial charge in [-0.25, -0.2) is 4.79 Å². The average Bonchev–Trinajstić information content (AvgIpc) is 3.12. The van der Waals surface area contributed by atoms with Gasteiger partial charge < -0.3 is 39.1 Å². The first kappa shape index (κ1) is 23.4. The second-order valence-electron chi connectivity index (χ2n) is 7.66. The SMILES string of the molecule is CCOC(=O)C(=[N+]=[N-])[C@@H](O)[C@H]1OC(C)(C)O[C@H]1[C@H](OC(C)=O)[C@H]1COC(C)(C)O1. The number of carbonyl (C=O) groups is 2. The number of ether oxygens (including phenoxy) is 6. The number of hydrogen-bond donors (Lipinski definition) is 1. The Kier molecular flexibility index (Phi) is 7.15. The lowest BCUT2D eigenvalue weighted by atomic mass is 9.96. The van der Waals surface area contributed by atoms with Crippen molar-refractivity contribution >= 4 is 17.7 Å². The summed E-state index contributed by atoms with van der Waals surface area (Å²) in [5.74, 6) is -3.72. The van der Waals surface area contributed by atoms with Crippen molar-refractivity contribution in [2.75, 3.05) is 13.2 Å². The van der Waals surface area contributed by atoms with E-state index in [0.29, 0.717) is 0 Å². The number of rotatable bonds is 7.